The van der Waals surface area contributed by atoms with Crippen molar-refractivity contribution in [3.05, 3.63) is 62.6 Å². The lowest BCUT2D eigenvalue weighted by atomic mass is 9.98. The summed E-state index contributed by atoms with van der Waals surface area (Å²) in [4.78, 5) is 12.5. The van der Waals surface area contributed by atoms with E-state index in [-0.39, 0.29) is 5.78 Å². The van der Waals surface area contributed by atoms with Crippen LogP contribution in [0.4, 0.5) is 5.69 Å². The second kappa shape index (κ2) is 5.24. The van der Waals surface area contributed by atoms with Crippen LogP contribution in [-0.2, 0) is 0 Å². The number of nitrogens with two attached hydrogens (primary N) is 1. The molecule has 0 fully saturated rings. The zero-order valence-corrected chi connectivity index (χ0v) is 12.1. The van der Waals surface area contributed by atoms with Gasteiger partial charge in [-0.05, 0) is 49.2 Å². The number of nitrogen functional groups attached to an aromatic ring is 1. The molecule has 0 aromatic heterocycles. The summed E-state index contributed by atoms with van der Waals surface area (Å²) in [6, 6.07) is 8.53. The summed E-state index contributed by atoms with van der Waals surface area (Å²) in [6.45, 7) is 3.87. The van der Waals surface area contributed by atoms with Crippen LogP contribution in [0.3, 0.4) is 0 Å². The maximum Gasteiger partial charge on any atom is 0.198 e. The lowest BCUT2D eigenvalue weighted by molar-refractivity contribution is 0.104. The van der Waals surface area contributed by atoms with Gasteiger partial charge in [-0.15, -0.1) is 0 Å². The highest BCUT2D eigenvalue weighted by molar-refractivity contribution is 6.39. The van der Waals surface area contributed by atoms with Crippen molar-refractivity contribution in [3.63, 3.8) is 0 Å². The number of anilines is 1. The van der Waals surface area contributed by atoms with Gasteiger partial charge in [0.25, 0.3) is 0 Å². The zero-order chi connectivity index (χ0) is 14.2. The first kappa shape index (κ1) is 13.9. The first-order valence-corrected chi connectivity index (χ1v) is 6.53. The smallest absolute Gasteiger partial charge is 0.198 e. The number of ketones is 1. The Balaban J connectivity index is 2.60. The molecule has 2 aromatic rings. The fourth-order valence-corrected chi connectivity index (χ4v) is 2.44. The predicted octanol–water partition coefficient (Wildman–Crippen LogP) is 4.42. The van der Waals surface area contributed by atoms with E-state index in [1.54, 1.807) is 30.3 Å². The van der Waals surface area contributed by atoms with Crippen LogP contribution >= 0.6 is 23.2 Å². The molecule has 0 bridgehead atoms. The minimum Gasteiger partial charge on any atom is -0.398 e. The first-order valence-electron chi connectivity index (χ1n) is 5.77. The van der Waals surface area contributed by atoms with Crippen LogP contribution in [0, 0.1) is 13.8 Å². The number of carbonyl (C=O) groups excluding carboxylic acids is 1. The molecule has 0 saturated heterocycles. The molecule has 0 aliphatic rings. The normalized spacial score (nSPS) is 10.5. The van der Waals surface area contributed by atoms with Crippen molar-refractivity contribution in [2.24, 2.45) is 0 Å². The van der Waals surface area contributed by atoms with Gasteiger partial charge in [-0.3, -0.25) is 4.79 Å². The van der Waals surface area contributed by atoms with E-state index in [0.29, 0.717) is 26.9 Å². The second-order valence-corrected chi connectivity index (χ2v) is 5.26. The maximum atomic E-state index is 12.5. The van der Waals surface area contributed by atoms with Crippen LogP contribution < -0.4 is 5.73 Å². The maximum absolute atomic E-state index is 12.5. The van der Waals surface area contributed by atoms with Crippen LogP contribution in [0.5, 0.6) is 0 Å². The van der Waals surface area contributed by atoms with Crippen molar-refractivity contribution >= 4 is 34.7 Å². The Morgan fingerprint density at radius 3 is 2.32 bits per heavy atom. The van der Waals surface area contributed by atoms with Crippen molar-refractivity contribution in [1.29, 1.82) is 0 Å². The fraction of sp³-hybridized carbons (Fsp3) is 0.133. The van der Waals surface area contributed by atoms with Gasteiger partial charge in [-0.1, -0.05) is 29.3 Å². The van der Waals surface area contributed by atoms with Gasteiger partial charge < -0.3 is 5.73 Å². The van der Waals surface area contributed by atoms with E-state index < -0.39 is 0 Å². The number of aryl methyl sites for hydroxylation is 2. The van der Waals surface area contributed by atoms with Gasteiger partial charge in [0, 0.05) is 11.3 Å². The van der Waals surface area contributed by atoms with Gasteiger partial charge in [0.15, 0.2) is 5.78 Å². The van der Waals surface area contributed by atoms with E-state index in [4.69, 9.17) is 28.9 Å². The Morgan fingerprint density at radius 2 is 1.68 bits per heavy atom. The molecule has 2 aromatic carbocycles. The molecule has 0 atom stereocenters. The average Bonchev–Trinajstić information content (AvgIpc) is 2.33. The highest BCUT2D eigenvalue weighted by atomic mass is 35.5. The molecule has 0 heterocycles. The minimum absolute atomic E-state index is 0.254. The number of halogens is 2. The number of hydrogen-bond acceptors (Lipinski definition) is 2. The molecular formula is C15H13Cl2NO. The Morgan fingerprint density at radius 1 is 1.05 bits per heavy atom. The van der Waals surface area contributed by atoms with Gasteiger partial charge >= 0.3 is 0 Å². The van der Waals surface area contributed by atoms with E-state index >= 15 is 0 Å². The zero-order valence-electron chi connectivity index (χ0n) is 10.6. The van der Waals surface area contributed by atoms with E-state index in [1.807, 2.05) is 13.8 Å². The van der Waals surface area contributed by atoms with Gasteiger partial charge in [0.2, 0.25) is 0 Å². The van der Waals surface area contributed by atoms with Crippen LogP contribution in [0.2, 0.25) is 10.0 Å². The summed E-state index contributed by atoms with van der Waals surface area (Å²) in [5.41, 5.74) is 8.94. The summed E-state index contributed by atoms with van der Waals surface area (Å²) in [6.07, 6.45) is 0. The van der Waals surface area contributed by atoms with E-state index in [0.717, 1.165) is 11.1 Å². The molecule has 0 aliphatic carbocycles. The Kier molecular flexibility index (Phi) is 3.83. The number of rotatable bonds is 2. The molecule has 0 amide bonds. The molecule has 2 N–H and O–H groups in total. The van der Waals surface area contributed by atoms with E-state index in [9.17, 15) is 4.79 Å². The van der Waals surface area contributed by atoms with Crippen LogP contribution in [-0.4, -0.2) is 5.78 Å². The third kappa shape index (κ3) is 2.60. The topological polar surface area (TPSA) is 43.1 Å². The molecule has 2 nitrogen and oxygen atoms in total. The van der Waals surface area contributed by atoms with Gasteiger partial charge in [0.1, 0.15) is 0 Å². The molecule has 98 valence electrons. The summed E-state index contributed by atoms with van der Waals surface area (Å²) in [5, 5.41) is 0.742. The monoisotopic (exact) mass is 293 g/mol. The van der Waals surface area contributed by atoms with Crippen LogP contribution in [0.1, 0.15) is 27.0 Å². The quantitative estimate of drug-likeness (QED) is 0.658. The number of hydrogen-bond donors (Lipinski definition) is 1. The van der Waals surface area contributed by atoms with Crippen LogP contribution in [0.25, 0.3) is 0 Å². The second-order valence-electron chi connectivity index (χ2n) is 4.45. The summed E-state index contributed by atoms with van der Waals surface area (Å²) in [5.74, 6) is -0.254. The van der Waals surface area contributed by atoms with Crippen molar-refractivity contribution in [3.8, 4) is 0 Å². The lowest BCUT2D eigenvalue weighted by Crippen LogP contribution is -2.07. The van der Waals surface area contributed by atoms with Gasteiger partial charge in [0.05, 0.1) is 15.6 Å². The molecule has 2 rings (SSSR count). The molecule has 0 spiro atoms. The van der Waals surface area contributed by atoms with Crippen LogP contribution in [0.15, 0.2) is 30.3 Å². The lowest BCUT2D eigenvalue weighted by Gasteiger charge is -2.10. The third-order valence-electron chi connectivity index (χ3n) is 3.10. The summed E-state index contributed by atoms with van der Waals surface area (Å²) >= 11 is 12.2. The summed E-state index contributed by atoms with van der Waals surface area (Å²) in [7, 11) is 0. The molecule has 0 aliphatic heterocycles. The highest BCUT2D eigenvalue weighted by Crippen LogP contribution is 2.29. The summed E-state index contributed by atoms with van der Waals surface area (Å²) < 4.78 is 0. The molecule has 0 unspecified atom stereocenters. The molecular weight excluding hydrogens is 281 g/mol. The highest BCUT2D eigenvalue weighted by Gasteiger charge is 2.19. The third-order valence-corrected chi connectivity index (χ3v) is 3.73. The number of carbonyl (C=O) groups is 1. The molecule has 0 radical (unpaired) electrons. The Hall–Kier alpha value is -1.51. The molecule has 4 heteroatoms. The Bertz CT molecular complexity index is 645. The van der Waals surface area contributed by atoms with Crippen molar-refractivity contribution < 1.29 is 4.79 Å². The molecule has 19 heavy (non-hydrogen) atoms. The van der Waals surface area contributed by atoms with E-state index in [2.05, 4.69) is 0 Å². The average molecular weight is 294 g/mol. The van der Waals surface area contributed by atoms with Crippen molar-refractivity contribution in [2.75, 3.05) is 5.73 Å². The SMILES string of the molecule is Cc1cc(Cl)c(C(=O)c2c(N)cccc2Cl)cc1C. The largest absolute Gasteiger partial charge is 0.398 e. The van der Waals surface area contributed by atoms with Crippen molar-refractivity contribution in [1.82, 2.24) is 0 Å². The first-order chi connectivity index (χ1) is 8.91. The van der Waals surface area contributed by atoms with Gasteiger partial charge in [-0.25, -0.2) is 0 Å². The minimum atomic E-state index is -0.254. The standard InChI is InChI=1S/C15H13Cl2NO/c1-8-6-10(12(17)7-9(8)2)15(19)14-11(16)4-3-5-13(14)18/h3-7H,18H2,1-2H3. The van der Waals surface area contributed by atoms with E-state index in [1.165, 1.54) is 0 Å². The molecule has 0 saturated carbocycles. The van der Waals surface area contributed by atoms with Gasteiger partial charge in [-0.2, -0.15) is 0 Å². The predicted molar refractivity (Wildman–Crippen MR) is 80.2 cm³/mol. The number of benzene rings is 2. The Labute approximate surface area is 122 Å². The fourth-order valence-electron chi connectivity index (χ4n) is 1.87. The van der Waals surface area contributed by atoms with Crippen molar-refractivity contribution in [2.45, 2.75) is 13.8 Å².